The van der Waals surface area contributed by atoms with E-state index in [-0.39, 0.29) is 9.90 Å². The molecule has 1 aromatic carbocycles. The van der Waals surface area contributed by atoms with Gasteiger partial charge in [-0.05, 0) is 0 Å². The molecule has 0 amide bonds. The molecule has 186 valence electrons. The van der Waals surface area contributed by atoms with Gasteiger partial charge in [-0.15, -0.1) is 0 Å². The topological polar surface area (TPSA) is 80.0 Å². The standard InChI is InChI=1S/C23H23ClN2O5S3Te/c1-3-14(9-20-25(2)22-19(33-20)12-17-23(35-22)31-13-30-17)10-21-26(7-4-8-34(27,28)29)16-11-15(24)5-6-18(16)32-21/h5-6,9-12,23H,3-4,7-8,13H2,1-2H3/p+1. The van der Waals surface area contributed by atoms with E-state index in [0.29, 0.717) is 24.8 Å². The number of rotatable bonds is 7. The normalized spacial score (nSPS) is 20.5. The molecule has 5 rings (SSSR count). The number of halogens is 1. The molecule has 0 saturated carbocycles. The number of aromatic nitrogens is 1. The number of hydrogen-bond donors (Lipinski definition) is 1. The van der Waals surface area contributed by atoms with Crippen molar-refractivity contribution in [3.05, 3.63) is 55.5 Å². The third-order valence-electron chi connectivity index (χ3n) is 5.73. The van der Waals surface area contributed by atoms with Crippen LogP contribution in [0.1, 0.15) is 29.7 Å². The Balaban J connectivity index is 1.45. The molecule has 0 aliphatic carbocycles. The number of hydrogen-bond acceptors (Lipinski definition) is 7. The fraction of sp³-hybridized carbons (Fsp3) is 0.348. The summed E-state index contributed by atoms with van der Waals surface area (Å²) >= 11 is 9.13. The van der Waals surface area contributed by atoms with E-state index in [1.807, 2.05) is 18.2 Å². The van der Waals surface area contributed by atoms with Gasteiger partial charge in [-0.25, -0.2) is 0 Å². The van der Waals surface area contributed by atoms with E-state index in [1.165, 1.54) is 19.2 Å². The van der Waals surface area contributed by atoms with Crippen LogP contribution < -0.4 is 13.2 Å². The molecule has 1 aromatic heterocycles. The summed E-state index contributed by atoms with van der Waals surface area (Å²) in [5.41, 5.74) is 2.13. The third kappa shape index (κ3) is 5.63. The predicted octanol–water partition coefficient (Wildman–Crippen LogP) is 3.77. The molecule has 3 aliphatic rings. The van der Waals surface area contributed by atoms with Crippen LogP contribution >= 0.6 is 34.7 Å². The van der Waals surface area contributed by atoms with E-state index < -0.39 is 31.0 Å². The van der Waals surface area contributed by atoms with Crippen molar-refractivity contribution >= 4 is 87.3 Å². The molecule has 1 fully saturated rings. The Morgan fingerprint density at radius 1 is 1.43 bits per heavy atom. The van der Waals surface area contributed by atoms with E-state index in [4.69, 9.17) is 21.1 Å². The van der Waals surface area contributed by atoms with Crippen LogP contribution in [-0.4, -0.2) is 57.1 Å². The van der Waals surface area contributed by atoms with Gasteiger partial charge in [0.1, 0.15) is 0 Å². The molecule has 3 aliphatic heterocycles. The molecule has 1 N–H and O–H groups in total. The van der Waals surface area contributed by atoms with Gasteiger partial charge in [-0.2, -0.15) is 8.42 Å². The Hall–Kier alpha value is -1.03. The minimum absolute atomic E-state index is 0.134. The van der Waals surface area contributed by atoms with Crippen LogP contribution in [0, 0.1) is 0 Å². The second kappa shape index (κ2) is 10.4. The molecule has 0 spiro atoms. The second-order valence-corrected chi connectivity index (χ2v) is 15.3. The van der Waals surface area contributed by atoms with Crippen LogP contribution in [-0.2, 0) is 26.6 Å². The Kier molecular flexibility index (Phi) is 7.60. The number of allylic oxidation sites excluding steroid dienone is 2. The van der Waals surface area contributed by atoms with Crippen LogP contribution in [0.15, 0.2) is 45.5 Å². The van der Waals surface area contributed by atoms with Crippen LogP contribution in [0.5, 0.6) is 0 Å². The molecule has 1 unspecified atom stereocenters. The number of benzene rings is 1. The number of anilines is 1. The Bertz CT molecular complexity index is 1370. The Morgan fingerprint density at radius 3 is 3.03 bits per heavy atom. The summed E-state index contributed by atoms with van der Waals surface area (Å²) in [6.07, 6.45) is 7.67. The smallest absolute Gasteiger partial charge is 0.286 e. The summed E-state index contributed by atoms with van der Waals surface area (Å²) in [5, 5.41) is 2.82. The van der Waals surface area contributed by atoms with Gasteiger partial charge >= 0.3 is 217 Å². The van der Waals surface area contributed by atoms with Gasteiger partial charge in [0.25, 0.3) is 0 Å². The average Bonchev–Trinajstić information content (AvgIpc) is 3.47. The summed E-state index contributed by atoms with van der Waals surface area (Å²) in [4.78, 5) is 4.42. The van der Waals surface area contributed by atoms with Crippen molar-refractivity contribution < 1.29 is 27.0 Å². The summed E-state index contributed by atoms with van der Waals surface area (Å²) in [6.45, 7) is 2.95. The van der Waals surface area contributed by atoms with E-state index in [0.717, 1.165) is 27.8 Å². The fourth-order valence-electron chi connectivity index (χ4n) is 3.97. The van der Waals surface area contributed by atoms with Gasteiger partial charge in [-0.1, -0.05) is 0 Å². The van der Waals surface area contributed by atoms with Gasteiger partial charge < -0.3 is 0 Å². The van der Waals surface area contributed by atoms with Crippen LogP contribution in [0.4, 0.5) is 5.69 Å². The minimum atomic E-state index is -4.01. The summed E-state index contributed by atoms with van der Waals surface area (Å²) in [7, 11) is -1.89. The zero-order valence-electron chi connectivity index (χ0n) is 19.1. The molecule has 35 heavy (non-hydrogen) atoms. The molecule has 0 bridgehead atoms. The van der Waals surface area contributed by atoms with Crippen molar-refractivity contribution in [3.63, 3.8) is 0 Å². The minimum Gasteiger partial charge on any atom is -0.286 e. The number of fused-ring (bicyclic) bond motifs is 3. The molecule has 7 nitrogen and oxygen atoms in total. The van der Waals surface area contributed by atoms with Gasteiger partial charge in [0, 0.05) is 0 Å². The zero-order valence-corrected chi connectivity index (χ0v) is 24.6. The zero-order chi connectivity index (χ0) is 24.7. The first-order valence-corrected chi connectivity index (χ1v) is 17.1. The van der Waals surface area contributed by atoms with Gasteiger partial charge in [-0.3, -0.25) is 4.55 Å². The summed E-state index contributed by atoms with van der Waals surface area (Å²) in [6, 6.07) is 5.75. The second-order valence-electron chi connectivity index (χ2n) is 8.15. The molecule has 12 heteroatoms. The summed E-state index contributed by atoms with van der Waals surface area (Å²) < 4.78 is 46.9. The first kappa shape index (κ1) is 25.6. The average molecular weight is 668 g/mol. The van der Waals surface area contributed by atoms with E-state index >= 15 is 0 Å². The van der Waals surface area contributed by atoms with E-state index in [2.05, 4.69) is 41.7 Å². The molecule has 2 aromatic rings. The number of thioether (sulfide) groups is 1. The first-order valence-electron chi connectivity index (χ1n) is 11.0. The molecule has 4 heterocycles. The van der Waals surface area contributed by atoms with Crippen molar-refractivity contribution in [2.45, 2.75) is 28.8 Å². The Labute approximate surface area is 228 Å². The predicted molar refractivity (Wildman–Crippen MR) is 142 cm³/mol. The molecular weight excluding hydrogens is 644 g/mol. The SMILES string of the molecule is CCC(=Cc1sc2c([n+]1C)[Te]C1OCOC1=C2)C=C1Sc2ccc(Cl)cc2N1CCCS(=O)(=O)O. The monoisotopic (exact) mass is 669 g/mol. The molecular formula is C23H24ClN2O5S3Te+. The molecule has 0 radical (unpaired) electrons. The Morgan fingerprint density at radius 2 is 2.26 bits per heavy atom. The van der Waals surface area contributed by atoms with Crippen molar-refractivity contribution in [2.75, 3.05) is 24.0 Å². The van der Waals surface area contributed by atoms with Crippen molar-refractivity contribution in [1.82, 2.24) is 0 Å². The van der Waals surface area contributed by atoms with Gasteiger partial charge in [0.2, 0.25) is 0 Å². The van der Waals surface area contributed by atoms with Crippen molar-refractivity contribution in [1.29, 1.82) is 0 Å². The molecule has 1 saturated heterocycles. The van der Waals surface area contributed by atoms with Crippen LogP contribution in [0.25, 0.3) is 12.2 Å². The maximum atomic E-state index is 11.3. The van der Waals surface area contributed by atoms with Crippen molar-refractivity contribution in [3.8, 4) is 0 Å². The molecule has 1 atom stereocenters. The van der Waals surface area contributed by atoms with Gasteiger partial charge in [0.15, 0.2) is 0 Å². The van der Waals surface area contributed by atoms with Gasteiger partial charge in [0.05, 0.1) is 0 Å². The first-order chi connectivity index (χ1) is 16.7. The quantitative estimate of drug-likeness (QED) is 0.274. The van der Waals surface area contributed by atoms with Crippen molar-refractivity contribution in [2.24, 2.45) is 7.05 Å². The number of thiazole rings is 1. The van der Waals surface area contributed by atoms with Crippen LogP contribution in [0.3, 0.4) is 0 Å². The van der Waals surface area contributed by atoms with E-state index in [9.17, 15) is 13.0 Å². The van der Waals surface area contributed by atoms with E-state index in [1.54, 1.807) is 23.1 Å². The maximum absolute atomic E-state index is 11.3. The number of ether oxygens (including phenoxy) is 2. The van der Waals surface area contributed by atoms with Crippen LogP contribution in [0.2, 0.25) is 5.02 Å². The third-order valence-corrected chi connectivity index (χ3v) is 13.1. The number of nitrogens with zero attached hydrogens (tertiary/aromatic N) is 2. The summed E-state index contributed by atoms with van der Waals surface area (Å²) in [5.74, 6) is 0.687. The fourth-order valence-corrected chi connectivity index (χ4v) is 10.6.